The van der Waals surface area contributed by atoms with Crippen molar-refractivity contribution < 1.29 is 43.2 Å². The van der Waals surface area contributed by atoms with Gasteiger partial charge in [-0.25, -0.2) is 4.98 Å². The van der Waals surface area contributed by atoms with Crippen LogP contribution in [0.25, 0.3) is 56.2 Å². The minimum atomic E-state index is -0.874. The first-order valence-corrected chi connectivity index (χ1v) is 33.7. The summed E-state index contributed by atoms with van der Waals surface area (Å²) in [5.41, 5.74) is 16.7. The number of nitrogens with zero attached hydrogens (tertiary/aromatic N) is 5. The molecule has 1 saturated carbocycles. The SMILES string of the molecule is CCCOc1cc(NCCOCCOCCOCCOCCC(=O)N[C@H](C(=O)N2C[C@H](O)C[C@H]2CC(=O)NCc2ccc(-c3scnc3C)cc2)C(C)(C)C)ccc1-c1cnc(-c2cnc(-c3cccnc3)c(C)c2)c(/C=C/c2ccc(C3CC3)c(CI)c2)c1. The van der Waals surface area contributed by atoms with Crippen molar-refractivity contribution in [1.29, 1.82) is 0 Å². The molecule has 3 atom stereocenters. The number of aliphatic hydroxyl groups excluding tert-OH is 1. The van der Waals surface area contributed by atoms with E-state index in [1.807, 2.05) is 94.3 Å². The third kappa shape index (κ3) is 19.3. The predicted octanol–water partition coefficient (Wildman–Crippen LogP) is 12.5. The quantitative estimate of drug-likeness (QED) is 0.0171. The van der Waals surface area contributed by atoms with Crippen LogP contribution in [-0.4, -0.2) is 138 Å². The number of aryl methyl sites for hydroxylation is 2. The van der Waals surface area contributed by atoms with Crippen molar-refractivity contribution in [3.8, 4) is 49.8 Å². The lowest BCUT2D eigenvalue weighted by Crippen LogP contribution is -2.56. The minimum absolute atomic E-state index is 0.0359. The van der Waals surface area contributed by atoms with E-state index in [1.54, 1.807) is 22.4 Å². The number of anilines is 1. The summed E-state index contributed by atoms with van der Waals surface area (Å²) >= 11 is 4.07. The molecule has 9 rings (SSSR count). The van der Waals surface area contributed by atoms with Crippen LogP contribution in [0.3, 0.4) is 0 Å². The Morgan fingerprint density at radius 1 is 0.778 bits per heavy atom. The van der Waals surface area contributed by atoms with Crippen molar-refractivity contribution in [2.75, 3.05) is 77.9 Å². The van der Waals surface area contributed by atoms with Crippen molar-refractivity contribution in [3.05, 3.63) is 154 Å². The second kappa shape index (κ2) is 33.4. The molecule has 0 bridgehead atoms. The summed E-state index contributed by atoms with van der Waals surface area (Å²) < 4.78 is 30.3. The standard InChI is InChI=1S/C71H85IN8O9S/c1-7-25-89-63-37-58(19-21-62(63)56-36-53(16-10-49-13-20-61(51-17-18-51)55(35-49)40-72)67(77-43-56)57-34-47(2)66(76-44-57)54-9-8-23-73-42-54)74-24-27-86-29-31-88-33-32-87-30-28-85-26-22-64(82)79-69(71(4,5)6)70(84)80-45-60(81)38-59(80)39-65(83)75-41-50-11-14-52(15-12-50)68-48(3)78-46-90-68/h8-16,19-21,23,34-37,42-44,46,51,59-60,69,74,81H,7,17-18,22,24-33,38-41,45H2,1-6H3,(H,75,83)(H,79,82)/b16-10+/t59-,60+,69+/m0/s1. The van der Waals surface area contributed by atoms with Crippen LogP contribution in [0.5, 0.6) is 5.75 Å². The van der Waals surface area contributed by atoms with Crippen LogP contribution in [-0.2, 0) is 44.3 Å². The van der Waals surface area contributed by atoms with Crippen molar-refractivity contribution in [1.82, 2.24) is 35.5 Å². The lowest BCUT2D eigenvalue weighted by atomic mass is 9.85. The molecule has 0 spiro atoms. The third-order valence-electron chi connectivity index (χ3n) is 15.9. The number of ether oxygens (including phenoxy) is 5. The largest absolute Gasteiger partial charge is 0.493 e. The van der Waals surface area contributed by atoms with E-state index in [9.17, 15) is 19.5 Å². The number of hydrogen-bond donors (Lipinski definition) is 4. The Bertz CT molecular complexity index is 3520. The van der Waals surface area contributed by atoms with Gasteiger partial charge >= 0.3 is 0 Å². The predicted molar refractivity (Wildman–Crippen MR) is 364 cm³/mol. The van der Waals surface area contributed by atoms with Gasteiger partial charge in [-0.2, -0.15) is 0 Å². The number of aliphatic hydroxyl groups is 1. The molecule has 476 valence electrons. The summed E-state index contributed by atoms with van der Waals surface area (Å²) in [5, 5.41) is 20.0. The van der Waals surface area contributed by atoms with Crippen LogP contribution in [0, 0.1) is 19.3 Å². The van der Waals surface area contributed by atoms with Gasteiger partial charge in [-0.05, 0) is 121 Å². The molecule has 0 unspecified atom stereocenters. The minimum Gasteiger partial charge on any atom is -0.493 e. The molecule has 1 saturated heterocycles. The molecule has 3 amide bonds. The van der Waals surface area contributed by atoms with E-state index in [1.165, 1.54) is 24.0 Å². The van der Waals surface area contributed by atoms with Gasteiger partial charge in [0.2, 0.25) is 17.7 Å². The van der Waals surface area contributed by atoms with Crippen LogP contribution in [0.1, 0.15) is 111 Å². The highest BCUT2D eigenvalue weighted by Crippen LogP contribution is 2.43. The van der Waals surface area contributed by atoms with E-state index in [-0.39, 0.29) is 56.7 Å². The van der Waals surface area contributed by atoms with E-state index in [4.69, 9.17) is 33.7 Å². The molecule has 2 fully saturated rings. The van der Waals surface area contributed by atoms with E-state index in [0.717, 1.165) is 94.3 Å². The Balaban J connectivity index is 0.669. The van der Waals surface area contributed by atoms with Gasteiger partial charge in [-0.15, -0.1) is 11.3 Å². The molecule has 3 aromatic carbocycles. The van der Waals surface area contributed by atoms with Crippen molar-refractivity contribution in [3.63, 3.8) is 0 Å². The maximum Gasteiger partial charge on any atom is 0.246 e. The highest BCUT2D eigenvalue weighted by atomic mass is 127. The monoisotopic (exact) mass is 1350 g/mol. The summed E-state index contributed by atoms with van der Waals surface area (Å²) in [6, 6.07) is 28.0. The Kier molecular flexibility index (Phi) is 25.0. The van der Waals surface area contributed by atoms with E-state index in [2.05, 4.69) is 117 Å². The average Bonchev–Trinajstić information content (AvgIpc) is 0.930. The van der Waals surface area contributed by atoms with Gasteiger partial charge in [0.15, 0.2) is 0 Å². The number of β-amino-alcohol motifs (C(OH)–C–C–N with tert-alkyl or cyclic N) is 1. The normalized spacial score (nSPS) is 15.3. The van der Waals surface area contributed by atoms with Crippen molar-refractivity contribution in [2.24, 2.45) is 5.41 Å². The number of benzene rings is 3. The fraction of sp³-hybridized carbons (Fsp3) is 0.423. The Morgan fingerprint density at radius 2 is 1.51 bits per heavy atom. The maximum absolute atomic E-state index is 14.0. The lowest BCUT2D eigenvalue weighted by molar-refractivity contribution is -0.141. The van der Waals surface area contributed by atoms with Crippen LogP contribution in [0.15, 0.2) is 115 Å². The molecule has 19 heteroatoms. The summed E-state index contributed by atoms with van der Waals surface area (Å²) in [6.07, 6.45) is 14.8. The van der Waals surface area contributed by atoms with Gasteiger partial charge in [-0.3, -0.25) is 29.3 Å². The first-order valence-electron chi connectivity index (χ1n) is 31.3. The number of halogens is 1. The average molecular weight is 1350 g/mol. The Morgan fingerprint density at radius 3 is 2.19 bits per heavy atom. The smallest absolute Gasteiger partial charge is 0.246 e. The molecule has 1 aliphatic heterocycles. The zero-order valence-electron chi connectivity index (χ0n) is 52.6. The molecule has 0 radical (unpaired) electrons. The number of carbonyl (C=O) groups excluding carboxylic acids is 3. The topological polar surface area (TPSA) is 208 Å². The van der Waals surface area contributed by atoms with Gasteiger partial charge in [0.1, 0.15) is 11.8 Å². The highest BCUT2D eigenvalue weighted by Gasteiger charge is 2.42. The van der Waals surface area contributed by atoms with Crippen LogP contribution >= 0.6 is 33.9 Å². The molecule has 4 N–H and O–H groups in total. The number of thiazole rings is 1. The first kappa shape index (κ1) is 67.4. The number of nitrogens with one attached hydrogen (secondary N) is 3. The molecular weight excluding hydrogens is 1270 g/mol. The van der Waals surface area contributed by atoms with Crippen LogP contribution in [0.2, 0.25) is 0 Å². The van der Waals surface area contributed by atoms with Gasteiger partial charge in [0, 0.05) is 107 Å². The van der Waals surface area contributed by atoms with Gasteiger partial charge in [0.05, 0.1) is 93.0 Å². The summed E-state index contributed by atoms with van der Waals surface area (Å²) in [4.78, 5) is 61.7. The second-order valence-electron chi connectivity index (χ2n) is 24.0. The van der Waals surface area contributed by atoms with Gasteiger partial charge < -0.3 is 49.6 Å². The molecule has 17 nitrogen and oxygen atoms in total. The number of likely N-dealkylation sites (tertiary alicyclic amines) is 1. The molecule has 4 aromatic heterocycles. The van der Waals surface area contributed by atoms with Crippen molar-refractivity contribution >= 4 is 69.5 Å². The molecule has 7 aromatic rings. The maximum atomic E-state index is 14.0. The number of pyridine rings is 3. The highest BCUT2D eigenvalue weighted by molar-refractivity contribution is 14.1. The van der Waals surface area contributed by atoms with Crippen LogP contribution < -0.4 is 20.7 Å². The zero-order chi connectivity index (χ0) is 63.4. The third-order valence-corrected chi connectivity index (χ3v) is 17.7. The van der Waals surface area contributed by atoms with Gasteiger partial charge in [0.25, 0.3) is 0 Å². The molecule has 1 aliphatic carbocycles. The van der Waals surface area contributed by atoms with E-state index < -0.39 is 23.6 Å². The number of aromatic nitrogens is 4. The number of alkyl halides is 1. The zero-order valence-corrected chi connectivity index (χ0v) is 55.6. The molecule has 5 heterocycles. The number of hydrogen-bond acceptors (Lipinski definition) is 15. The second-order valence-corrected chi connectivity index (χ2v) is 25.6. The van der Waals surface area contributed by atoms with Crippen LogP contribution in [0.4, 0.5) is 5.69 Å². The summed E-state index contributed by atoms with van der Waals surface area (Å²) in [5.74, 6) is 0.580. The fourth-order valence-electron chi connectivity index (χ4n) is 11.0. The Labute approximate surface area is 547 Å². The fourth-order valence-corrected chi connectivity index (χ4v) is 12.4. The molecule has 2 aliphatic rings. The molecule has 90 heavy (non-hydrogen) atoms. The summed E-state index contributed by atoms with van der Waals surface area (Å²) in [7, 11) is 0. The van der Waals surface area contributed by atoms with Gasteiger partial charge in [-0.1, -0.05) is 105 Å². The number of amides is 3. The number of carbonyl (C=O) groups is 3. The van der Waals surface area contributed by atoms with E-state index in [0.29, 0.717) is 65.3 Å². The van der Waals surface area contributed by atoms with E-state index >= 15 is 0 Å². The number of rotatable bonds is 33. The summed E-state index contributed by atoms with van der Waals surface area (Å²) in [6.45, 7) is 16.2. The first-order chi connectivity index (χ1) is 43.6. The Hall–Kier alpha value is -6.98. The van der Waals surface area contributed by atoms with Crippen molar-refractivity contribution in [2.45, 2.75) is 115 Å². The molecular formula is C71H85IN8O9S. The lowest BCUT2D eigenvalue weighted by Gasteiger charge is -2.35.